The molecule has 1 aromatic carbocycles. The number of nitrogens with zero attached hydrogens (tertiary/aromatic N) is 2. The molecule has 0 aliphatic carbocycles. The lowest BCUT2D eigenvalue weighted by atomic mass is 9.91. The smallest absolute Gasteiger partial charge is 0.363 e. The number of carbonyl (C=O) groups excluding carboxylic acids is 1. The molecule has 6 heteroatoms. The summed E-state index contributed by atoms with van der Waals surface area (Å²) in [4.78, 5) is 18.4. The molecular formula is C18H25ClN2O3. The van der Waals surface area contributed by atoms with Crippen molar-refractivity contribution in [3.63, 3.8) is 0 Å². The van der Waals surface area contributed by atoms with Crippen molar-refractivity contribution in [2.45, 2.75) is 46.8 Å². The molecule has 0 bridgehead atoms. The van der Waals surface area contributed by atoms with Gasteiger partial charge in [-0.15, -0.1) is 0 Å². The number of hydrogen-bond donors (Lipinski definition) is 1. The Labute approximate surface area is 148 Å². The first-order valence-corrected chi connectivity index (χ1v) is 8.45. The Bertz CT molecular complexity index is 667. The van der Waals surface area contributed by atoms with Crippen LogP contribution in [0.15, 0.2) is 23.2 Å². The van der Waals surface area contributed by atoms with Crippen molar-refractivity contribution >= 4 is 29.1 Å². The Hall–Kier alpha value is -1.59. The topological polar surface area (TPSA) is 62.1 Å². The number of ether oxygens (including phenoxy) is 1. The lowest BCUT2D eigenvalue weighted by molar-refractivity contribution is -0.162. The van der Waals surface area contributed by atoms with Crippen LogP contribution < -0.4 is 4.90 Å². The molecule has 1 aliphatic heterocycles. The van der Waals surface area contributed by atoms with Crippen LogP contribution in [0.5, 0.6) is 0 Å². The Morgan fingerprint density at radius 3 is 2.71 bits per heavy atom. The molecule has 5 nitrogen and oxygen atoms in total. The number of hydrogen-bond acceptors (Lipinski definition) is 5. The van der Waals surface area contributed by atoms with Gasteiger partial charge in [0, 0.05) is 17.1 Å². The first-order chi connectivity index (χ1) is 11.1. The summed E-state index contributed by atoms with van der Waals surface area (Å²) in [6.07, 6.45) is 0.612. The fourth-order valence-corrected chi connectivity index (χ4v) is 2.85. The van der Waals surface area contributed by atoms with Crippen molar-refractivity contribution in [3.05, 3.63) is 28.8 Å². The average Bonchev–Trinajstić information content (AvgIpc) is 2.78. The van der Waals surface area contributed by atoms with Gasteiger partial charge in [0.2, 0.25) is 0 Å². The van der Waals surface area contributed by atoms with Gasteiger partial charge in [-0.05, 0) is 37.0 Å². The summed E-state index contributed by atoms with van der Waals surface area (Å²) in [5, 5.41) is 11.3. The molecule has 24 heavy (non-hydrogen) atoms. The molecule has 132 valence electrons. The molecule has 0 saturated carbocycles. The van der Waals surface area contributed by atoms with Crippen molar-refractivity contribution in [2.75, 3.05) is 18.1 Å². The molecular weight excluding hydrogens is 328 g/mol. The molecule has 1 aliphatic rings. The van der Waals surface area contributed by atoms with Crippen LogP contribution in [-0.4, -0.2) is 35.8 Å². The molecule has 0 aromatic heterocycles. The first kappa shape index (κ1) is 18.7. The summed E-state index contributed by atoms with van der Waals surface area (Å²) in [7, 11) is 0. The zero-order valence-corrected chi connectivity index (χ0v) is 15.6. The van der Waals surface area contributed by atoms with Gasteiger partial charge in [0.1, 0.15) is 5.84 Å². The van der Waals surface area contributed by atoms with E-state index in [1.165, 1.54) is 0 Å². The number of anilines is 1. The zero-order chi connectivity index (χ0) is 18.1. The number of aryl methyl sites for hydroxylation is 1. The highest BCUT2D eigenvalue weighted by Crippen LogP contribution is 2.34. The maximum absolute atomic E-state index is 12.2. The molecule has 1 atom stereocenters. The molecule has 0 amide bonds. The van der Waals surface area contributed by atoms with E-state index < -0.39 is 11.7 Å². The summed E-state index contributed by atoms with van der Waals surface area (Å²) in [5.41, 5.74) is -0.103. The minimum Gasteiger partial charge on any atom is -0.462 e. The maximum Gasteiger partial charge on any atom is 0.363 e. The van der Waals surface area contributed by atoms with E-state index in [9.17, 15) is 9.90 Å². The number of aliphatic imine (C=N–C) groups is 1. The summed E-state index contributed by atoms with van der Waals surface area (Å²) in [6.45, 7) is 10.1. The Morgan fingerprint density at radius 1 is 1.46 bits per heavy atom. The molecule has 1 heterocycles. The predicted octanol–water partition coefficient (Wildman–Crippen LogP) is 3.55. The van der Waals surface area contributed by atoms with Crippen LogP contribution in [-0.2, 0) is 9.53 Å². The van der Waals surface area contributed by atoms with Gasteiger partial charge in [0.05, 0.1) is 13.2 Å². The van der Waals surface area contributed by atoms with Gasteiger partial charge in [-0.3, -0.25) is 0 Å². The Morgan fingerprint density at radius 2 is 2.12 bits per heavy atom. The van der Waals surface area contributed by atoms with E-state index in [-0.39, 0.29) is 18.6 Å². The minimum absolute atomic E-state index is 0.0262. The fraction of sp³-hybridized carbons (Fsp3) is 0.556. The minimum atomic E-state index is -1.88. The Kier molecular flexibility index (Phi) is 5.25. The molecule has 0 spiro atoms. The summed E-state index contributed by atoms with van der Waals surface area (Å²) in [6, 6.07) is 5.55. The van der Waals surface area contributed by atoms with E-state index in [1.807, 2.05) is 30.0 Å². The van der Waals surface area contributed by atoms with Crippen molar-refractivity contribution in [1.29, 1.82) is 0 Å². The van der Waals surface area contributed by atoms with Gasteiger partial charge in [-0.1, -0.05) is 38.4 Å². The number of esters is 1. The monoisotopic (exact) mass is 352 g/mol. The van der Waals surface area contributed by atoms with Crippen LogP contribution >= 0.6 is 11.6 Å². The number of β-amino-alcohol motifs (C(OH)–C–C–N with tert-alkyl or cyclic N) is 1. The number of halogens is 1. The molecule has 2 rings (SSSR count). The number of amidine groups is 1. The first-order valence-electron chi connectivity index (χ1n) is 8.08. The fourth-order valence-electron chi connectivity index (χ4n) is 2.68. The van der Waals surface area contributed by atoms with E-state index in [1.54, 1.807) is 6.92 Å². The van der Waals surface area contributed by atoms with Crippen molar-refractivity contribution < 1.29 is 14.6 Å². The van der Waals surface area contributed by atoms with Gasteiger partial charge in [-0.25, -0.2) is 9.79 Å². The third kappa shape index (κ3) is 4.08. The third-order valence-corrected chi connectivity index (χ3v) is 3.99. The normalized spacial score (nSPS) is 21.0. The molecule has 1 N–H and O–H groups in total. The molecule has 0 fully saturated rings. The Balaban J connectivity index is 2.45. The molecule has 1 aromatic rings. The van der Waals surface area contributed by atoms with Crippen LogP contribution in [0.25, 0.3) is 0 Å². The molecule has 0 saturated heterocycles. The van der Waals surface area contributed by atoms with Crippen LogP contribution in [0.3, 0.4) is 0 Å². The van der Waals surface area contributed by atoms with Gasteiger partial charge in [-0.2, -0.15) is 0 Å². The van der Waals surface area contributed by atoms with Gasteiger partial charge in [0.15, 0.2) is 0 Å². The van der Waals surface area contributed by atoms with Crippen LogP contribution in [0.4, 0.5) is 5.69 Å². The van der Waals surface area contributed by atoms with E-state index in [2.05, 4.69) is 25.8 Å². The predicted molar refractivity (Wildman–Crippen MR) is 96.6 cm³/mol. The summed E-state index contributed by atoms with van der Waals surface area (Å²) in [5.74, 6) is -0.0676. The van der Waals surface area contributed by atoms with Crippen LogP contribution in [0, 0.1) is 12.3 Å². The zero-order valence-electron chi connectivity index (χ0n) is 14.9. The third-order valence-electron chi connectivity index (χ3n) is 3.76. The number of benzene rings is 1. The second-order valence-corrected chi connectivity index (χ2v) is 7.76. The molecule has 1 unspecified atom stereocenters. The van der Waals surface area contributed by atoms with Crippen molar-refractivity contribution in [1.82, 2.24) is 0 Å². The lowest BCUT2D eigenvalue weighted by Gasteiger charge is -2.27. The van der Waals surface area contributed by atoms with Crippen molar-refractivity contribution in [2.24, 2.45) is 10.4 Å². The van der Waals surface area contributed by atoms with E-state index >= 15 is 0 Å². The van der Waals surface area contributed by atoms with E-state index in [4.69, 9.17) is 16.3 Å². The number of rotatable bonds is 4. The summed E-state index contributed by atoms with van der Waals surface area (Å²) < 4.78 is 5.00. The maximum atomic E-state index is 12.2. The largest absolute Gasteiger partial charge is 0.462 e. The van der Waals surface area contributed by atoms with Gasteiger partial charge < -0.3 is 14.7 Å². The second kappa shape index (κ2) is 6.73. The van der Waals surface area contributed by atoms with Gasteiger partial charge >= 0.3 is 5.97 Å². The number of carbonyl (C=O) groups is 1. The van der Waals surface area contributed by atoms with E-state index in [0.29, 0.717) is 17.3 Å². The van der Waals surface area contributed by atoms with Crippen LogP contribution in [0.1, 0.15) is 39.7 Å². The van der Waals surface area contributed by atoms with Crippen molar-refractivity contribution in [3.8, 4) is 0 Å². The molecule has 0 radical (unpaired) electrons. The average molecular weight is 353 g/mol. The SMILES string of the molecule is CCOC(=O)C1(O)CN(c2cc(Cl)ccc2C)C(CC(C)(C)C)=N1. The number of aliphatic hydroxyl groups is 1. The highest BCUT2D eigenvalue weighted by Gasteiger charge is 2.46. The quantitative estimate of drug-likeness (QED) is 0.842. The summed E-state index contributed by atoms with van der Waals surface area (Å²) >= 11 is 6.14. The highest BCUT2D eigenvalue weighted by molar-refractivity contribution is 6.31. The second-order valence-electron chi connectivity index (χ2n) is 7.32. The standard InChI is InChI=1S/C18H25ClN2O3/c1-6-24-16(22)18(23)11-21(15(20-18)10-17(3,4)5)14-9-13(19)8-7-12(14)2/h7-9,23H,6,10-11H2,1-5H3. The van der Waals surface area contributed by atoms with E-state index in [0.717, 1.165) is 11.3 Å². The van der Waals surface area contributed by atoms with Crippen LogP contribution in [0.2, 0.25) is 5.02 Å². The van der Waals surface area contributed by atoms with Gasteiger partial charge in [0.25, 0.3) is 5.72 Å². The highest BCUT2D eigenvalue weighted by atomic mass is 35.5. The lowest BCUT2D eigenvalue weighted by Crippen LogP contribution is -2.44.